The van der Waals surface area contributed by atoms with Crippen molar-refractivity contribution in [3.05, 3.63) is 83.4 Å². The summed E-state index contributed by atoms with van der Waals surface area (Å²) in [6.07, 6.45) is -10.2. The number of imidazole rings is 1. The Hall–Kier alpha value is -4.73. The maximum Gasteiger partial charge on any atom is 0.416 e. The van der Waals surface area contributed by atoms with Crippen LogP contribution in [0.5, 0.6) is 0 Å². The summed E-state index contributed by atoms with van der Waals surface area (Å²) in [5, 5.41) is 0. The summed E-state index contributed by atoms with van der Waals surface area (Å²) in [6.45, 7) is -0.574. The number of aromatic nitrogens is 4. The topological polar surface area (TPSA) is 131 Å². The minimum absolute atomic E-state index is 0.0775. The van der Waals surface area contributed by atoms with Crippen LogP contribution in [-0.4, -0.2) is 50.3 Å². The van der Waals surface area contributed by atoms with Gasteiger partial charge in [0.15, 0.2) is 11.5 Å². The first kappa shape index (κ1) is 28.8. The Kier molecular flexibility index (Phi) is 7.49. The third-order valence-corrected chi connectivity index (χ3v) is 6.37. The summed E-state index contributed by atoms with van der Waals surface area (Å²) in [4.78, 5) is 37.5. The van der Waals surface area contributed by atoms with Gasteiger partial charge in [-0.05, 0) is 36.4 Å². The second kappa shape index (κ2) is 10.9. The predicted octanol–water partition coefficient (Wildman–Crippen LogP) is 4.82. The van der Waals surface area contributed by atoms with Crippen molar-refractivity contribution in [2.24, 2.45) is 0 Å². The van der Waals surface area contributed by atoms with Crippen LogP contribution in [0.25, 0.3) is 11.2 Å². The number of nitrogen functional groups attached to an aromatic ring is 1. The zero-order valence-electron chi connectivity index (χ0n) is 21.1. The first-order valence-electron chi connectivity index (χ1n) is 12.1. The summed E-state index contributed by atoms with van der Waals surface area (Å²) < 4.78 is 96.8. The molecule has 1 fully saturated rings. The highest BCUT2D eigenvalue weighted by Crippen LogP contribution is 2.35. The van der Waals surface area contributed by atoms with E-state index in [-0.39, 0.29) is 34.5 Å². The number of esters is 2. The molecule has 0 radical (unpaired) electrons. The van der Waals surface area contributed by atoms with Gasteiger partial charge in [-0.1, -0.05) is 12.1 Å². The van der Waals surface area contributed by atoms with Crippen LogP contribution in [0.2, 0.25) is 0 Å². The van der Waals surface area contributed by atoms with E-state index in [1.54, 1.807) is 0 Å². The van der Waals surface area contributed by atoms with Crippen molar-refractivity contribution >= 4 is 28.9 Å². The summed E-state index contributed by atoms with van der Waals surface area (Å²) in [7, 11) is 0. The fraction of sp³-hybridized carbons (Fsp3) is 0.269. The fourth-order valence-corrected chi connectivity index (χ4v) is 4.32. The Morgan fingerprint density at radius 2 is 1.55 bits per heavy atom. The smallest absolute Gasteiger partial charge is 0.416 e. The molecule has 1 aliphatic rings. The zero-order valence-corrected chi connectivity index (χ0v) is 21.1. The minimum atomic E-state index is -4.70. The molecular weight excluding hydrogens is 576 g/mol. The predicted molar refractivity (Wildman–Crippen MR) is 131 cm³/mol. The molecule has 2 aromatic carbocycles. The second-order valence-corrected chi connectivity index (χ2v) is 9.15. The molecule has 4 aromatic rings. The van der Waals surface area contributed by atoms with Crippen molar-refractivity contribution < 1.29 is 50.1 Å². The van der Waals surface area contributed by atoms with Crippen molar-refractivity contribution in [3.8, 4) is 0 Å². The number of nitrogens with zero attached hydrogens (tertiary/aromatic N) is 4. The molecule has 3 atom stereocenters. The molecule has 0 aliphatic carbocycles. The molecule has 0 amide bonds. The van der Waals surface area contributed by atoms with Gasteiger partial charge in [-0.25, -0.2) is 24.5 Å². The molecule has 2 N–H and O–H groups in total. The Balaban J connectivity index is 1.37. The SMILES string of the molecule is Nc1ncnc2c1ncn2[C@H]1C[C@H](OC(=O)c2cccc(C(F)(F)F)c2)[C@@H](COC(=O)c2cccc(C(F)(F)F)c2)O1. The second-order valence-electron chi connectivity index (χ2n) is 9.15. The van der Waals surface area contributed by atoms with Crippen LogP contribution in [0.3, 0.4) is 0 Å². The van der Waals surface area contributed by atoms with Gasteiger partial charge in [0, 0.05) is 6.42 Å². The highest BCUT2D eigenvalue weighted by molar-refractivity contribution is 5.90. The fourth-order valence-electron chi connectivity index (χ4n) is 4.32. The van der Waals surface area contributed by atoms with Crippen LogP contribution in [0.4, 0.5) is 32.2 Å². The van der Waals surface area contributed by atoms with Crippen molar-refractivity contribution in [2.45, 2.75) is 37.2 Å². The van der Waals surface area contributed by atoms with Crippen LogP contribution >= 0.6 is 0 Å². The molecule has 1 saturated heterocycles. The van der Waals surface area contributed by atoms with E-state index in [9.17, 15) is 35.9 Å². The molecule has 220 valence electrons. The molecule has 5 rings (SSSR count). The van der Waals surface area contributed by atoms with Gasteiger partial charge < -0.3 is 19.9 Å². The van der Waals surface area contributed by atoms with E-state index >= 15 is 0 Å². The largest absolute Gasteiger partial charge is 0.459 e. The lowest BCUT2D eigenvalue weighted by Crippen LogP contribution is -2.32. The quantitative estimate of drug-likeness (QED) is 0.246. The van der Waals surface area contributed by atoms with Crippen molar-refractivity contribution in [1.82, 2.24) is 19.5 Å². The average molecular weight is 595 g/mol. The molecule has 0 unspecified atom stereocenters. The van der Waals surface area contributed by atoms with E-state index in [0.29, 0.717) is 12.1 Å². The van der Waals surface area contributed by atoms with Gasteiger partial charge in [-0.2, -0.15) is 26.3 Å². The maximum absolute atomic E-state index is 13.2. The Morgan fingerprint density at radius 3 is 2.17 bits per heavy atom. The van der Waals surface area contributed by atoms with Crippen molar-refractivity contribution in [3.63, 3.8) is 0 Å². The molecule has 1 aliphatic heterocycles. The first-order chi connectivity index (χ1) is 19.8. The number of alkyl halides is 6. The molecule has 0 bridgehead atoms. The van der Waals surface area contributed by atoms with Gasteiger partial charge in [0.05, 0.1) is 28.6 Å². The lowest BCUT2D eigenvalue weighted by Gasteiger charge is -2.19. The molecule has 42 heavy (non-hydrogen) atoms. The van der Waals surface area contributed by atoms with Crippen LogP contribution in [-0.2, 0) is 26.6 Å². The highest BCUT2D eigenvalue weighted by Gasteiger charge is 2.41. The van der Waals surface area contributed by atoms with Crippen molar-refractivity contribution in [1.29, 1.82) is 0 Å². The monoisotopic (exact) mass is 595 g/mol. The Bertz CT molecular complexity index is 1640. The number of rotatable bonds is 6. The number of hydrogen-bond acceptors (Lipinski definition) is 9. The lowest BCUT2D eigenvalue weighted by molar-refractivity contribution is -0.138. The van der Waals surface area contributed by atoms with E-state index in [1.807, 2.05) is 0 Å². The molecule has 3 heterocycles. The van der Waals surface area contributed by atoms with Crippen LogP contribution < -0.4 is 5.73 Å². The molecular formula is C26H19F6N5O5. The van der Waals surface area contributed by atoms with E-state index in [4.69, 9.17) is 19.9 Å². The van der Waals surface area contributed by atoms with Crippen LogP contribution in [0, 0.1) is 0 Å². The first-order valence-corrected chi connectivity index (χ1v) is 12.1. The lowest BCUT2D eigenvalue weighted by atomic mass is 10.1. The zero-order chi connectivity index (χ0) is 30.2. The number of halogens is 6. The summed E-state index contributed by atoms with van der Waals surface area (Å²) in [5.74, 6) is -2.13. The Labute approximate surface area is 232 Å². The molecule has 10 nitrogen and oxygen atoms in total. The molecule has 2 aromatic heterocycles. The number of hydrogen-bond donors (Lipinski definition) is 1. The standard InChI is InChI=1S/C26H19F6N5O5/c27-25(28,29)15-5-1-3-13(7-15)23(38)40-10-18-17(42-24(39)14-4-2-6-16(8-14)26(30,31)32)9-19(41-18)37-12-36-20-21(33)34-11-35-22(20)37/h1-8,11-12,17-19H,9-10H2,(H2,33,34,35)/t17-,18+,19+/m0/s1. The normalized spacial score (nSPS) is 19.1. The number of fused-ring (bicyclic) bond motifs is 1. The van der Waals surface area contributed by atoms with Gasteiger partial charge in [-0.15, -0.1) is 0 Å². The third kappa shape index (κ3) is 5.97. The van der Waals surface area contributed by atoms with Gasteiger partial charge in [-0.3, -0.25) is 4.57 Å². The molecule has 16 heteroatoms. The Morgan fingerprint density at radius 1 is 0.929 bits per heavy atom. The number of anilines is 1. The number of nitrogens with two attached hydrogens (primary N) is 1. The third-order valence-electron chi connectivity index (χ3n) is 6.37. The van der Waals surface area contributed by atoms with Gasteiger partial charge in [0.1, 0.15) is 36.9 Å². The number of benzene rings is 2. The van der Waals surface area contributed by atoms with Crippen molar-refractivity contribution in [2.75, 3.05) is 12.3 Å². The maximum atomic E-state index is 13.2. The van der Waals surface area contributed by atoms with Crippen LogP contribution in [0.1, 0.15) is 44.5 Å². The molecule has 0 saturated carbocycles. The summed E-state index contributed by atoms with van der Waals surface area (Å²) in [6, 6.07) is 7.17. The molecule has 0 spiro atoms. The van der Waals surface area contributed by atoms with E-state index in [1.165, 1.54) is 17.2 Å². The highest BCUT2D eigenvalue weighted by atomic mass is 19.4. The van der Waals surface area contributed by atoms with Gasteiger partial charge in [0.25, 0.3) is 0 Å². The van der Waals surface area contributed by atoms with E-state index in [2.05, 4.69) is 15.0 Å². The van der Waals surface area contributed by atoms with Gasteiger partial charge in [0.2, 0.25) is 0 Å². The summed E-state index contributed by atoms with van der Waals surface area (Å²) in [5.41, 5.74) is 3.44. The van der Waals surface area contributed by atoms with E-state index < -0.39 is 60.5 Å². The average Bonchev–Trinajstić information content (AvgIpc) is 3.55. The van der Waals surface area contributed by atoms with E-state index in [0.717, 1.165) is 36.4 Å². The number of carbonyl (C=O) groups is 2. The summed E-state index contributed by atoms with van der Waals surface area (Å²) >= 11 is 0. The van der Waals surface area contributed by atoms with Crippen LogP contribution in [0.15, 0.2) is 61.2 Å². The number of carbonyl (C=O) groups excluding carboxylic acids is 2. The number of ether oxygens (including phenoxy) is 3. The minimum Gasteiger partial charge on any atom is -0.459 e. The van der Waals surface area contributed by atoms with Gasteiger partial charge >= 0.3 is 24.3 Å².